The Kier molecular flexibility index (Phi) is 6.94. The fourth-order valence-corrected chi connectivity index (χ4v) is 2.40. The molecule has 0 amide bonds. The van der Waals surface area contributed by atoms with E-state index in [1.165, 1.54) is 5.56 Å². The molecule has 2 heteroatoms. The van der Waals surface area contributed by atoms with Crippen molar-refractivity contribution < 1.29 is 4.79 Å². The summed E-state index contributed by atoms with van der Waals surface area (Å²) in [5.74, 6) is 0.866. The lowest BCUT2D eigenvalue weighted by atomic mass is 10.0. The minimum absolute atomic E-state index is 0.0403. The predicted octanol–water partition coefficient (Wildman–Crippen LogP) is 4.19. The van der Waals surface area contributed by atoms with Crippen molar-refractivity contribution in [2.45, 2.75) is 53.5 Å². The quantitative estimate of drug-likeness (QED) is 0.663. The van der Waals surface area contributed by atoms with Gasteiger partial charge in [-0.05, 0) is 31.4 Å². The van der Waals surface area contributed by atoms with Crippen LogP contribution in [-0.4, -0.2) is 29.8 Å². The molecule has 0 aliphatic heterocycles. The molecule has 2 atom stereocenters. The van der Waals surface area contributed by atoms with E-state index in [2.05, 4.69) is 44.7 Å². The van der Waals surface area contributed by atoms with Crippen LogP contribution in [0.2, 0.25) is 0 Å². The van der Waals surface area contributed by atoms with Crippen molar-refractivity contribution in [2.75, 3.05) is 13.1 Å². The standard InChI is InChI=1S/C18H29NO/c1-6-14(4)13-19(8-3)15(5)18(20)17-11-9-16(7-2)10-12-17/h9-12,14-15H,6-8,13H2,1-5H3. The second-order valence-electron chi connectivity index (χ2n) is 5.69. The summed E-state index contributed by atoms with van der Waals surface area (Å²) >= 11 is 0. The molecule has 0 radical (unpaired) electrons. The molecule has 1 rings (SSSR count). The third-order valence-corrected chi connectivity index (χ3v) is 4.22. The zero-order valence-corrected chi connectivity index (χ0v) is 13.6. The molecule has 2 nitrogen and oxygen atoms in total. The van der Waals surface area contributed by atoms with E-state index in [1.54, 1.807) is 0 Å². The van der Waals surface area contributed by atoms with Crippen molar-refractivity contribution >= 4 is 5.78 Å². The van der Waals surface area contributed by atoms with Gasteiger partial charge in [-0.1, -0.05) is 58.4 Å². The average molecular weight is 275 g/mol. The fourth-order valence-electron chi connectivity index (χ4n) is 2.40. The van der Waals surface area contributed by atoms with Crippen molar-refractivity contribution in [3.05, 3.63) is 35.4 Å². The molecule has 0 aromatic heterocycles. The summed E-state index contributed by atoms with van der Waals surface area (Å²) in [6, 6.07) is 8.01. The Hall–Kier alpha value is -1.15. The first-order valence-electron chi connectivity index (χ1n) is 7.90. The largest absolute Gasteiger partial charge is 0.294 e. The Balaban J connectivity index is 2.77. The number of benzene rings is 1. The van der Waals surface area contributed by atoms with Crippen molar-refractivity contribution in [1.29, 1.82) is 0 Å². The third kappa shape index (κ3) is 4.45. The summed E-state index contributed by atoms with van der Waals surface area (Å²) in [5.41, 5.74) is 2.11. The number of hydrogen-bond acceptors (Lipinski definition) is 2. The smallest absolute Gasteiger partial charge is 0.179 e. The Morgan fingerprint density at radius 1 is 1.10 bits per heavy atom. The van der Waals surface area contributed by atoms with Gasteiger partial charge < -0.3 is 0 Å². The summed E-state index contributed by atoms with van der Waals surface area (Å²) in [6.45, 7) is 12.7. The number of carbonyl (C=O) groups is 1. The van der Waals surface area contributed by atoms with Crippen LogP contribution in [0.25, 0.3) is 0 Å². The van der Waals surface area contributed by atoms with Gasteiger partial charge in [0.2, 0.25) is 0 Å². The number of aryl methyl sites for hydroxylation is 1. The Bertz CT molecular complexity index is 410. The second-order valence-corrected chi connectivity index (χ2v) is 5.69. The molecule has 0 saturated heterocycles. The highest BCUT2D eigenvalue weighted by atomic mass is 16.1. The lowest BCUT2D eigenvalue weighted by molar-refractivity contribution is 0.0825. The first-order chi connectivity index (χ1) is 9.53. The zero-order valence-electron chi connectivity index (χ0n) is 13.6. The summed E-state index contributed by atoms with van der Waals surface area (Å²) in [6.07, 6.45) is 2.17. The SMILES string of the molecule is CCc1ccc(C(=O)C(C)N(CC)CC(C)CC)cc1. The molecule has 0 N–H and O–H groups in total. The molecule has 2 unspecified atom stereocenters. The minimum atomic E-state index is -0.0403. The molecule has 0 spiro atoms. The number of likely N-dealkylation sites (N-methyl/N-ethyl adjacent to an activating group) is 1. The van der Waals surface area contributed by atoms with E-state index in [0.717, 1.165) is 31.5 Å². The van der Waals surface area contributed by atoms with E-state index in [9.17, 15) is 4.79 Å². The molecule has 0 bridgehead atoms. The Labute approximate surface area is 124 Å². The number of ketones is 1. The first-order valence-corrected chi connectivity index (χ1v) is 7.90. The van der Waals surface area contributed by atoms with E-state index in [-0.39, 0.29) is 11.8 Å². The molecule has 112 valence electrons. The number of Topliss-reactive ketones (excluding diaryl/α,β-unsaturated/α-hetero) is 1. The topological polar surface area (TPSA) is 20.3 Å². The van der Waals surface area contributed by atoms with Gasteiger partial charge in [-0.3, -0.25) is 9.69 Å². The highest BCUT2D eigenvalue weighted by molar-refractivity contribution is 5.99. The number of nitrogens with zero attached hydrogens (tertiary/aromatic N) is 1. The molecule has 0 aliphatic rings. The van der Waals surface area contributed by atoms with Gasteiger partial charge in [-0.25, -0.2) is 0 Å². The number of hydrogen-bond donors (Lipinski definition) is 0. The van der Waals surface area contributed by atoms with E-state index in [0.29, 0.717) is 5.92 Å². The Morgan fingerprint density at radius 3 is 2.15 bits per heavy atom. The number of rotatable bonds is 8. The highest BCUT2D eigenvalue weighted by Gasteiger charge is 2.22. The second kappa shape index (κ2) is 8.21. The lowest BCUT2D eigenvalue weighted by Gasteiger charge is -2.29. The van der Waals surface area contributed by atoms with Gasteiger partial charge in [0.05, 0.1) is 6.04 Å². The maximum Gasteiger partial charge on any atom is 0.179 e. The van der Waals surface area contributed by atoms with Crippen LogP contribution in [0.1, 0.15) is 57.0 Å². The van der Waals surface area contributed by atoms with Gasteiger partial charge in [-0.15, -0.1) is 0 Å². The van der Waals surface area contributed by atoms with Crippen molar-refractivity contribution in [3.8, 4) is 0 Å². The summed E-state index contributed by atoms with van der Waals surface area (Å²) in [7, 11) is 0. The zero-order chi connectivity index (χ0) is 15.1. The van der Waals surface area contributed by atoms with Gasteiger partial charge in [0.15, 0.2) is 5.78 Å². The molecule has 0 aliphatic carbocycles. The van der Waals surface area contributed by atoms with Crippen LogP contribution in [-0.2, 0) is 6.42 Å². The van der Waals surface area contributed by atoms with Crippen LogP contribution < -0.4 is 0 Å². The molecule has 0 saturated carbocycles. The van der Waals surface area contributed by atoms with E-state index in [1.807, 2.05) is 19.1 Å². The van der Waals surface area contributed by atoms with Crippen molar-refractivity contribution in [1.82, 2.24) is 4.90 Å². The monoisotopic (exact) mass is 275 g/mol. The number of carbonyl (C=O) groups excluding carboxylic acids is 1. The van der Waals surface area contributed by atoms with E-state index in [4.69, 9.17) is 0 Å². The first kappa shape index (κ1) is 16.9. The van der Waals surface area contributed by atoms with Crippen LogP contribution in [0.3, 0.4) is 0 Å². The summed E-state index contributed by atoms with van der Waals surface area (Å²) < 4.78 is 0. The molecule has 20 heavy (non-hydrogen) atoms. The van der Waals surface area contributed by atoms with Crippen molar-refractivity contribution in [2.24, 2.45) is 5.92 Å². The molecular formula is C18H29NO. The third-order valence-electron chi connectivity index (χ3n) is 4.22. The van der Waals surface area contributed by atoms with Gasteiger partial charge in [0.1, 0.15) is 0 Å². The van der Waals surface area contributed by atoms with Crippen LogP contribution >= 0.6 is 0 Å². The van der Waals surface area contributed by atoms with Gasteiger partial charge >= 0.3 is 0 Å². The lowest BCUT2D eigenvalue weighted by Crippen LogP contribution is -2.41. The highest BCUT2D eigenvalue weighted by Crippen LogP contribution is 2.13. The van der Waals surface area contributed by atoms with E-state index >= 15 is 0 Å². The minimum Gasteiger partial charge on any atom is -0.294 e. The maximum atomic E-state index is 12.6. The normalized spacial score (nSPS) is 14.3. The van der Waals surface area contributed by atoms with Crippen LogP contribution in [0, 0.1) is 5.92 Å². The average Bonchev–Trinajstić information content (AvgIpc) is 2.50. The molecule has 0 heterocycles. The molecule has 1 aromatic carbocycles. The van der Waals surface area contributed by atoms with E-state index < -0.39 is 0 Å². The summed E-state index contributed by atoms with van der Waals surface area (Å²) in [5, 5.41) is 0. The molecular weight excluding hydrogens is 246 g/mol. The van der Waals surface area contributed by atoms with Crippen LogP contribution in [0.15, 0.2) is 24.3 Å². The van der Waals surface area contributed by atoms with Crippen LogP contribution in [0.4, 0.5) is 0 Å². The Morgan fingerprint density at radius 2 is 1.70 bits per heavy atom. The predicted molar refractivity (Wildman–Crippen MR) is 86.3 cm³/mol. The van der Waals surface area contributed by atoms with Gasteiger partial charge in [0.25, 0.3) is 0 Å². The van der Waals surface area contributed by atoms with Crippen molar-refractivity contribution in [3.63, 3.8) is 0 Å². The van der Waals surface area contributed by atoms with Gasteiger partial charge in [0, 0.05) is 12.1 Å². The van der Waals surface area contributed by atoms with Crippen LogP contribution in [0.5, 0.6) is 0 Å². The molecule has 1 aromatic rings. The van der Waals surface area contributed by atoms with Gasteiger partial charge in [-0.2, -0.15) is 0 Å². The fraction of sp³-hybridized carbons (Fsp3) is 0.611. The molecule has 0 fully saturated rings. The summed E-state index contributed by atoms with van der Waals surface area (Å²) in [4.78, 5) is 14.9. The maximum absolute atomic E-state index is 12.6.